The number of ether oxygens (including phenoxy) is 1. The number of nitrogens with zero attached hydrogens (tertiary/aromatic N) is 5. The Hall–Kier alpha value is -3.29. The van der Waals surface area contributed by atoms with E-state index in [9.17, 15) is 4.79 Å². The van der Waals surface area contributed by atoms with E-state index in [-0.39, 0.29) is 5.91 Å². The second kappa shape index (κ2) is 7.73. The molecule has 26 heavy (non-hydrogen) atoms. The highest BCUT2D eigenvalue weighted by atomic mass is 16.5. The Bertz CT molecular complexity index is 892. The fourth-order valence-electron chi connectivity index (χ4n) is 2.43. The van der Waals surface area contributed by atoms with Crippen LogP contribution in [0.1, 0.15) is 22.1 Å². The molecule has 0 atom stereocenters. The molecular weight excluding hydrogens is 334 g/mol. The number of aryl methyl sites for hydroxylation is 1. The lowest BCUT2D eigenvalue weighted by Crippen LogP contribution is -2.29. The molecule has 0 aliphatic rings. The molecule has 0 aliphatic heterocycles. The summed E-state index contributed by atoms with van der Waals surface area (Å²) in [6, 6.07) is 10.8. The van der Waals surface area contributed by atoms with Crippen molar-refractivity contribution in [2.24, 2.45) is 0 Å². The minimum absolute atomic E-state index is 0.0893. The first-order valence-electron chi connectivity index (χ1n) is 8.09. The molecule has 134 valence electrons. The van der Waals surface area contributed by atoms with Crippen molar-refractivity contribution < 1.29 is 14.1 Å². The van der Waals surface area contributed by atoms with Gasteiger partial charge in [0.2, 0.25) is 11.8 Å². The zero-order valence-electron chi connectivity index (χ0n) is 14.8. The van der Waals surface area contributed by atoms with Gasteiger partial charge in [-0.3, -0.25) is 4.79 Å². The molecule has 3 aromatic rings. The molecular formula is C18H19N5O3. The SMILES string of the molecule is COc1ccc(-c2cccc(C(=O)N(C)CCc3noc(C)n3)c2)nn1. The van der Waals surface area contributed by atoms with Gasteiger partial charge in [-0.15, -0.1) is 10.2 Å². The van der Waals surface area contributed by atoms with Gasteiger partial charge in [-0.05, 0) is 18.2 Å². The zero-order chi connectivity index (χ0) is 18.5. The Morgan fingerprint density at radius 3 is 2.73 bits per heavy atom. The van der Waals surface area contributed by atoms with Crippen molar-refractivity contribution in [3.05, 3.63) is 53.7 Å². The summed E-state index contributed by atoms with van der Waals surface area (Å²) in [5, 5.41) is 11.9. The molecule has 0 fully saturated rings. The highest BCUT2D eigenvalue weighted by Gasteiger charge is 2.14. The first kappa shape index (κ1) is 17.5. The van der Waals surface area contributed by atoms with Gasteiger partial charge in [0, 0.05) is 44.1 Å². The Balaban J connectivity index is 1.70. The fourth-order valence-corrected chi connectivity index (χ4v) is 2.43. The van der Waals surface area contributed by atoms with Gasteiger partial charge in [0.1, 0.15) is 0 Å². The molecule has 0 aliphatic carbocycles. The van der Waals surface area contributed by atoms with Crippen molar-refractivity contribution >= 4 is 5.91 Å². The minimum atomic E-state index is -0.0893. The standard InChI is InChI=1S/C18H19N5O3/c1-12-19-16(22-26-12)9-10-23(2)18(24)14-6-4-5-13(11-14)15-7-8-17(25-3)21-20-15/h4-8,11H,9-10H2,1-3H3. The smallest absolute Gasteiger partial charge is 0.253 e. The predicted molar refractivity (Wildman–Crippen MR) is 93.7 cm³/mol. The molecule has 3 rings (SSSR count). The lowest BCUT2D eigenvalue weighted by atomic mass is 10.1. The van der Waals surface area contributed by atoms with Gasteiger partial charge in [-0.2, -0.15) is 4.98 Å². The summed E-state index contributed by atoms with van der Waals surface area (Å²) in [5.74, 6) is 1.46. The molecule has 8 nitrogen and oxygen atoms in total. The highest BCUT2D eigenvalue weighted by molar-refractivity contribution is 5.95. The number of likely N-dealkylation sites (N-methyl/N-ethyl adjacent to an activating group) is 1. The molecule has 0 radical (unpaired) electrons. The number of hydrogen-bond donors (Lipinski definition) is 0. The van der Waals surface area contributed by atoms with Gasteiger partial charge in [0.15, 0.2) is 5.82 Å². The molecule has 1 amide bonds. The van der Waals surface area contributed by atoms with Gasteiger partial charge < -0.3 is 14.2 Å². The van der Waals surface area contributed by atoms with Crippen LogP contribution in [0, 0.1) is 6.92 Å². The van der Waals surface area contributed by atoms with Gasteiger partial charge >= 0.3 is 0 Å². The van der Waals surface area contributed by atoms with E-state index in [1.807, 2.05) is 12.1 Å². The number of amides is 1. The second-order valence-corrected chi connectivity index (χ2v) is 5.75. The van der Waals surface area contributed by atoms with E-state index in [4.69, 9.17) is 9.26 Å². The van der Waals surface area contributed by atoms with E-state index in [2.05, 4.69) is 20.3 Å². The van der Waals surface area contributed by atoms with E-state index in [0.29, 0.717) is 41.8 Å². The quantitative estimate of drug-likeness (QED) is 0.670. The third kappa shape index (κ3) is 4.02. The predicted octanol–water partition coefficient (Wildman–Crippen LogP) is 2.16. The van der Waals surface area contributed by atoms with Crippen LogP contribution in [0.25, 0.3) is 11.3 Å². The Morgan fingerprint density at radius 1 is 1.23 bits per heavy atom. The van der Waals surface area contributed by atoms with Crippen LogP contribution < -0.4 is 4.74 Å². The molecule has 0 saturated carbocycles. The van der Waals surface area contributed by atoms with Crippen molar-refractivity contribution in [3.63, 3.8) is 0 Å². The average Bonchev–Trinajstić information content (AvgIpc) is 3.11. The van der Waals surface area contributed by atoms with Crippen LogP contribution >= 0.6 is 0 Å². The van der Waals surface area contributed by atoms with Crippen molar-refractivity contribution in [1.29, 1.82) is 0 Å². The van der Waals surface area contributed by atoms with E-state index in [1.54, 1.807) is 43.1 Å². The monoisotopic (exact) mass is 353 g/mol. The van der Waals surface area contributed by atoms with E-state index < -0.39 is 0 Å². The van der Waals surface area contributed by atoms with Crippen LogP contribution in [-0.4, -0.2) is 51.8 Å². The molecule has 0 unspecified atom stereocenters. The average molecular weight is 353 g/mol. The Morgan fingerprint density at radius 2 is 2.08 bits per heavy atom. The summed E-state index contributed by atoms with van der Waals surface area (Å²) in [5.41, 5.74) is 2.06. The number of carbonyl (C=O) groups is 1. The molecule has 2 aromatic heterocycles. The molecule has 1 aromatic carbocycles. The Labute approximate surface area is 150 Å². The lowest BCUT2D eigenvalue weighted by molar-refractivity contribution is 0.0796. The number of rotatable bonds is 6. The third-order valence-electron chi connectivity index (χ3n) is 3.84. The lowest BCUT2D eigenvalue weighted by Gasteiger charge is -2.16. The maximum atomic E-state index is 12.7. The van der Waals surface area contributed by atoms with Crippen LogP contribution in [0.4, 0.5) is 0 Å². The van der Waals surface area contributed by atoms with Gasteiger partial charge in [-0.25, -0.2) is 0 Å². The molecule has 0 spiro atoms. The third-order valence-corrected chi connectivity index (χ3v) is 3.84. The van der Waals surface area contributed by atoms with Crippen LogP contribution in [0.5, 0.6) is 5.88 Å². The number of methoxy groups -OCH3 is 1. The van der Waals surface area contributed by atoms with Crippen LogP contribution in [0.15, 0.2) is 40.9 Å². The molecule has 2 heterocycles. The summed E-state index contributed by atoms with van der Waals surface area (Å²) in [4.78, 5) is 18.4. The van der Waals surface area contributed by atoms with Crippen molar-refractivity contribution in [3.8, 4) is 17.1 Å². The summed E-state index contributed by atoms with van der Waals surface area (Å²) in [6.07, 6.45) is 0.531. The number of hydrogen-bond acceptors (Lipinski definition) is 7. The topological polar surface area (TPSA) is 94.2 Å². The van der Waals surface area contributed by atoms with Gasteiger partial charge in [0.05, 0.1) is 12.8 Å². The van der Waals surface area contributed by atoms with Crippen molar-refractivity contribution in [1.82, 2.24) is 25.2 Å². The highest BCUT2D eigenvalue weighted by Crippen LogP contribution is 2.19. The summed E-state index contributed by atoms with van der Waals surface area (Å²) < 4.78 is 9.95. The van der Waals surface area contributed by atoms with Gasteiger partial charge in [-0.1, -0.05) is 17.3 Å². The molecule has 0 saturated heterocycles. The number of aromatic nitrogens is 4. The zero-order valence-corrected chi connectivity index (χ0v) is 14.8. The first-order valence-corrected chi connectivity index (χ1v) is 8.09. The molecule has 0 N–H and O–H groups in total. The van der Waals surface area contributed by atoms with Crippen LogP contribution in [-0.2, 0) is 6.42 Å². The maximum Gasteiger partial charge on any atom is 0.253 e. The van der Waals surface area contributed by atoms with E-state index in [1.165, 1.54) is 7.11 Å². The van der Waals surface area contributed by atoms with Crippen molar-refractivity contribution in [2.75, 3.05) is 20.7 Å². The van der Waals surface area contributed by atoms with E-state index >= 15 is 0 Å². The Kier molecular flexibility index (Phi) is 5.21. The van der Waals surface area contributed by atoms with Crippen LogP contribution in [0.2, 0.25) is 0 Å². The second-order valence-electron chi connectivity index (χ2n) is 5.75. The van der Waals surface area contributed by atoms with Crippen molar-refractivity contribution in [2.45, 2.75) is 13.3 Å². The molecule has 8 heteroatoms. The number of benzene rings is 1. The normalized spacial score (nSPS) is 10.6. The van der Waals surface area contributed by atoms with E-state index in [0.717, 1.165) is 5.56 Å². The fraction of sp³-hybridized carbons (Fsp3) is 0.278. The summed E-state index contributed by atoms with van der Waals surface area (Å²) >= 11 is 0. The largest absolute Gasteiger partial charge is 0.480 e. The minimum Gasteiger partial charge on any atom is -0.480 e. The number of carbonyl (C=O) groups excluding carboxylic acids is 1. The molecule has 0 bridgehead atoms. The first-order chi connectivity index (χ1) is 12.6. The maximum absolute atomic E-state index is 12.7. The van der Waals surface area contributed by atoms with Gasteiger partial charge in [0.25, 0.3) is 5.91 Å². The summed E-state index contributed by atoms with van der Waals surface area (Å²) in [7, 11) is 3.28. The summed E-state index contributed by atoms with van der Waals surface area (Å²) in [6.45, 7) is 2.23. The van der Waals surface area contributed by atoms with Crippen LogP contribution in [0.3, 0.4) is 0 Å².